The smallest absolute Gasteiger partial charge is 0.245 e. The number of nitrogen functional groups attached to an aromatic ring is 1. The molecule has 0 unspecified atom stereocenters. The Hall–Kier alpha value is -1.48. The van der Waals surface area contributed by atoms with Crippen LogP contribution in [0.1, 0.15) is 5.56 Å². The van der Waals surface area contributed by atoms with E-state index in [0.717, 1.165) is 11.6 Å². The van der Waals surface area contributed by atoms with Crippen molar-refractivity contribution in [3.05, 3.63) is 58.3 Å². The van der Waals surface area contributed by atoms with Crippen LogP contribution in [0, 0.1) is 5.82 Å². The van der Waals surface area contributed by atoms with E-state index in [9.17, 15) is 12.8 Å². The summed E-state index contributed by atoms with van der Waals surface area (Å²) in [7, 11) is -2.41. The zero-order valence-corrected chi connectivity index (χ0v) is 15.5. The fourth-order valence-corrected chi connectivity index (χ4v) is 4.20. The number of anilines is 1. The van der Waals surface area contributed by atoms with Crippen LogP contribution in [0.2, 0.25) is 0 Å². The molecule has 2 N–H and O–H groups in total. The highest BCUT2D eigenvalue weighted by atomic mass is 79.9. The molecule has 130 valence electrons. The van der Waals surface area contributed by atoms with Crippen molar-refractivity contribution in [3.8, 4) is 0 Å². The molecule has 8 heteroatoms. The molecular formula is C16H18BrFN2O3S. The van der Waals surface area contributed by atoms with Crippen LogP contribution in [0.25, 0.3) is 0 Å². The number of hydrogen-bond donors (Lipinski definition) is 1. The number of sulfonamides is 1. The van der Waals surface area contributed by atoms with Crippen molar-refractivity contribution >= 4 is 31.6 Å². The lowest BCUT2D eigenvalue weighted by Crippen LogP contribution is -2.34. The quantitative estimate of drug-likeness (QED) is 0.704. The van der Waals surface area contributed by atoms with Crippen LogP contribution >= 0.6 is 15.9 Å². The van der Waals surface area contributed by atoms with Crippen molar-refractivity contribution in [2.24, 2.45) is 0 Å². The summed E-state index contributed by atoms with van der Waals surface area (Å²) in [5.74, 6) is -0.613. The molecule has 0 bridgehead atoms. The molecule has 0 aliphatic rings. The molecule has 0 aromatic heterocycles. The predicted molar refractivity (Wildman–Crippen MR) is 94.4 cm³/mol. The molecule has 0 fully saturated rings. The van der Waals surface area contributed by atoms with Crippen LogP contribution < -0.4 is 5.73 Å². The van der Waals surface area contributed by atoms with Gasteiger partial charge in [0.05, 0.1) is 16.8 Å². The summed E-state index contributed by atoms with van der Waals surface area (Å²) in [6.45, 7) is 0.553. The molecule has 0 spiro atoms. The average Bonchev–Trinajstić information content (AvgIpc) is 2.55. The first-order chi connectivity index (χ1) is 11.4. The monoisotopic (exact) mass is 416 g/mol. The van der Waals surface area contributed by atoms with Crippen molar-refractivity contribution < 1.29 is 17.5 Å². The van der Waals surface area contributed by atoms with Gasteiger partial charge in [-0.05, 0) is 33.6 Å². The van der Waals surface area contributed by atoms with E-state index >= 15 is 0 Å². The van der Waals surface area contributed by atoms with Crippen molar-refractivity contribution in [2.45, 2.75) is 11.4 Å². The Labute approximate surface area is 149 Å². The molecule has 0 atom stereocenters. The van der Waals surface area contributed by atoms with Gasteiger partial charge in [0, 0.05) is 20.2 Å². The zero-order valence-electron chi connectivity index (χ0n) is 13.1. The van der Waals surface area contributed by atoms with Gasteiger partial charge in [-0.2, -0.15) is 4.31 Å². The number of benzene rings is 2. The maximum Gasteiger partial charge on any atom is 0.245 e. The molecule has 0 heterocycles. The Morgan fingerprint density at radius 2 is 1.92 bits per heavy atom. The fraction of sp³-hybridized carbons (Fsp3) is 0.250. The van der Waals surface area contributed by atoms with E-state index in [1.165, 1.54) is 17.5 Å². The summed E-state index contributed by atoms with van der Waals surface area (Å²) in [6, 6.07) is 11.4. The Bertz CT molecular complexity index is 800. The molecule has 2 aromatic rings. The average molecular weight is 417 g/mol. The first-order valence-corrected chi connectivity index (χ1v) is 9.37. The van der Waals surface area contributed by atoms with Gasteiger partial charge >= 0.3 is 0 Å². The van der Waals surface area contributed by atoms with E-state index in [4.69, 9.17) is 10.5 Å². The highest BCUT2D eigenvalue weighted by molar-refractivity contribution is 9.10. The molecule has 0 saturated heterocycles. The van der Waals surface area contributed by atoms with Gasteiger partial charge in [-0.25, -0.2) is 12.8 Å². The molecule has 0 aliphatic carbocycles. The van der Waals surface area contributed by atoms with Crippen LogP contribution in [0.3, 0.4) is 0 Å². The summed E-state index contributed by atoms with van der Waals surface area (Å²) < 4.78 is 45.8. The number of halogens is 2. The maximum atomic E-state index is 13.5. The van der Waals surface area contributed by atoms with Gasteiger partial charge in [0.1, 0.15) is 10.7 Å². The summed E-state index contributed by atoms with van der Waals surface area (Å²) in [5, 5.41) is 0. The van der Waals surface area contributed by atoms with Crippen molar-refractivity contribution in [1.82, 2.24) is 4.31 Å². The summed E-state index contributed by atoms with van der Waals surface area (Å²) in [4.78, 5) is -0.136. The second-order valence-electron chi connectivity index (χ2n) is 5.12. The molecule has 24 heavy (non-hydrogen) atoms. The standard InChI is InChI=1S/C16H18BrFN2O3S/c1-23-8-7-20(11-12-5-3-2-4-6-12)24(21,22)16-9-13(17)14(18)10-15(16)19/h2-6,9-10H,7-8,11,19H2,1H3. The first-order valence-electron chi connectivity index (χ1n) is 7.13. The topological polar surface area (TPSA) is 72.6 Å². The first kappa shape index (κ1) is 18.9. The third-order valence-corrected chi connectivity index (χ3v) is 5.93. The Balaban J connectivity index is 2.41. The second kappa shape index (κ2) is 8.06. The SMILES string of the molecule is COCCN(Cc1ccccc1)S(=O)(=O)c1cc(Br)c(F)cc1N. The lowest BCUT2D eigenvalue weighted by molar-refractivity contribution is 0.177. The van der Waals surface area contributed by atoms with Crippen LogP contribution in [0.4, 0.5) is 10.1 Å². The highest BCUT2D eigenvalue weighted by Gasteiger charge is 2.27. The Kier molecular flexibility index (Phi) is 6.34. The number of methoxy groups -OCH3 is 1. The van der Waals surface area contributed by atoms with Crippen molar-refractivity contribution in [1.29, 1.82) is 0 Å². The fourth-order valence-electron chi connectivity index (χ4n) is 2.17. The van der Waals surface area contributed by atoms with Crippen LogP contribution in [-0.2, 0) is 21.3 Å². The predicted octanol–water partition coefficient (Wildman–Crippen LogP) is 3.01. The molecular weight excluding hydrogens is 399 g/mol. The third kappa shape index (κ3) is 4.32. The number of hydrogen-bond acceptors (Lipinski definition) is 4. The zero-order chi connectivity index (χ0) is 17.7. The molecule has 5 nitrogen and oxygen atoms in total. The van der Waals surface area contributed by atoms with Crippen molar-refractivity contribution in [3.63, 3.8) is 0 Å². The van der Waals surface area contributed by atoms with Gasteiger partial charge in [-0.3, -0.25) is 0 Å². The summed E-state index contributed by atoms with van der Waals surface area (Å²) in [5.41, 5.74) is 6.44. The lowest BCUT2D eigenvalue weighted by atomic mass is 10.2. The Morgan fingerprint density at radius 3 is 2.54 bits per heavy atom. The van der Waals surface area contributed by atoms with E-state index < -0.39 is 15.8 Å². The van der Waals surface area contributed by atoms with E-state index in [-0.39, 0.29) is 34.8 Å². The number of rotatable bonds is 7. The van der Waals surface area contributed by atoms with Crippen LogP contribution in [-0.4, -0.2) is 33.0 Å². The van der Waals surface area contributed by atoms with E-state index in [2.05, 4.69) is 15.9 Å². The summed E-state index contributed by atoms with van der Waals surface area (Å²) >= 11 is 3.00. The molecule has 0 amide bonds. The highest BCUT2D eigenvalue weighted by Crippen LogP contribution is 2.29. The number of nitrogens with two attached hydrogens (primary N) is 1. The van der Waals surface area contributed by atoms with Gasteiger partial charge in [0.25, 0.3) is 0 Å². The number of nitrogens with zero attached hydrogens (tertiary/aromatic N) is 1. The minimum absolute atomic E-state index is 0.0432. The van der Waals surface area contributed by atoms with Crippen LogP contribution in [0.5, 0.6) is 0 Å². The van der Waals surface area contributed by atoms with E-state index in [1.807, 2.05) is 30.3 Å². The van der Waals surface area contributed by atoms with Gasteiger partial charge in [-0.15, -0.1) is 0 Å². The van der Waals surface area contributed by atoms with Crippen molar-refractivity contribution in [2.75, 3.05) is 26.0 Å². The Morgan fingerprint density at radius 1 is 1.25 bits per heavy atom. The van der Waals surface area contributed by atoms with Gasteiger partial charge in [0.2, 0.25) is 10.0 Å². The maximum absolute atomic E-state index is 13.5. The number of ether oxygens (including phenoxy) is 1. The summed E-state index contributed by atoms with van der Waals surface area (Å²) in [6.07, 6.45) is 0. The molecule has 2 rings (SSSR count). The van der Waals surface area contributed by atoms with Gasteiger partial charge in [-0.1, -0.05) is 30.3 Å². The minimum Gasteiger partial charge on any atom is -0.398 e. The normalized spacial score (nSPS) is 11.8. The molecule has 2 aromatic carbocycles. The third-order valence-electron chi connectivity index (χ3n) is 3.42. The van der Waals surface area contributed by atoms with E-state index in [1.54, 1.807) is 0 Å². The second-order valence-corrected chi connectivity index (χ2v) is 7.88. The minimum atomic E-state index is -3.91. The molecule has 0 aliphatic heterocycles. The van der Waals surface area contributed by atoms with E-state index in [0.29, 0.717) is 0 Å². The van der Waals surface area contributed by atoms with Gasteiger partial charge in [0.15, 0.2) is 0 Å². The molecule has 0 radical (unpaired) electrons. The van der Waals surface area contributed by atoms with Gasteiger partial charge < -0.3 is 10.5 Å². The lowest BCUT2D eigenvalue weighted by Gasteiger charge is -2.23. The largest absolute Gasteiger partial charge is 0.398 e. The van der Waals surface area contributed by atoms with Crippen LogP contribution in [0.15, 0.2) is 51.8 Å². The molecule has 0 saturated carbocycles.